The Kier molecular flexibility index (Phi) is 5.88. The van der Waals surface area contributed by atoms with Gasteiger partial charge in [-0.25, -0.2) is 4.79 Å². The molecule has 1 aromatic carbocycles. The van der Waals surface area contributed by atoms with Crippen molar-refractivity contribution in [3.63, 3.8) is 0 Å². The predicted octanol–water partition coefficient (Wildman–Crippen LogP) is 3.32. The molecule has 0 fully saturated rings. The Morgan fingerprint density at radius 2 is 1.75 bits per heavy atom. The maximum absolute atomic E-state index is 12.2. The first-order valence-corrected chi connectivity index (χ1v) is 7.78. The van der Waals surface area contributed by atoms with E-state index in [1.807, 2.05) is 0 Å². The molecule has 0 saturated heterocycles. The molecule has 2 aromatic rings. The van der Waals surface area contributed by atoms with Crippen LogP contribution in [0.3, 0.4) is 0 Å². The van der Waals surface area contributed by atoms with Gasteiger partial charge in [0.25, 0.3) is 5.91 Å². The van der Waals surface area contributed by atoms with E-state index in [9.17, 15) is 9.59 Å². The van der Waals surface area contributed by atoms with E-state index in [2.05, 4.69) is 15.6 Å². The van der Waals surface area contributed by atoms with Gasteiger partial charge in [0.1, 0.15) is 6.17 Å². The van der Waals surface area contributed by atoms with Crippen LogP contribution in [-0.4, -0.2) is 31.9 Å². The van der Waals surface area contributed by atoms with Crippen molar-refractivity contribution in [1.82, 2.24) is 10.3 Å². The van der Waals surface area contributed by atoms with Crippen molar-refractivity contribution in [3.8, 4) is 0 Å². The normalized spacial score (nSPS) is 12.3. The minimum absolute atomic E-state index is 0.116. The second-order valence-electron chi connectivity index (χ2n) is 4.72. The van der Waals surface area contributed by atoms with Gasteiger partial charge in [-0.05, 0) is 36.4 Å². The lowest BCUT2D eigenvalue weighted by molar-refractivity contribution is 0.0696. The van der Waals surface area contributed by atoms with E-state index in [0.29, 0.717) is 11.3 Å². The molecule has 0 aliphatic carbocycles. The Morgan fingerprint density at radius 3 is 2.25 bits per heavy atom. The number of carboxylic acid groups (broad SMARTS) is 1. The van der Waals surface area contributed by atoms with Gasteiger partial charge in [-0.15, -0.1) is 0 Å². The van der Waals surface area contributed by atoms with Crippen molar-refractivity contribution < 1.29 is 14.7 Å². The largest absolute Gasteiger partial charge is 0.478 e. The molecule has 0 aliphatic rings. The lowest BCUT2D eigenvalue weighted by Crippen LogP contribution is -2.49. The maximum atomic E-state index is 12.2. The first kappa shape index (κ1) is 18.3. The number of halogens is 3. The highest BCUT2D eigenvalue weighted by Gasteiger charge is 2.34. The zero-order valence-electron chi connectivity index (χ0n) is 12.0. The third-order valence-electron chi connectivity index (χ3n) is 2.97. The van der Waals surface area contributed by atoms with Crippen molar-refractivity contribution in [2.24, 2.45) is 0 Å². The molecule has 24 heavy (non-hydrogen) atoms. The van der Waals surface area contributed by atoms with E-state index < -0.39 is 21.8 Å². The third kappa shape index (κ3) is 4.99. The monoisotopic (exact) mass is 387 g/mol. The molecule has 9 heteroatoms. The van der Waals surface area contributed by atoms with Crippen LogP contribution in [0.4, 0.5) is 5.69 Å². The van der Waals surface area contributed by atoms with Gasteiger partial charge in [0.05, 0.1) is 11.1 Å². The minimum atomic E-state index is -1.84. The molecule has 0 spiro atoms. The average molecular weight is 389 g/mol. The number of rotatable bonds is 5. The standard InChI is InChI=1S/C15H12Cl3N3O3/c16-15(17,18)14(21-12(22)10-2-1-7-19-8-10)20-11-5-3-9(4-6-11)13(23)24/h1-8,14,20H,(H,21,22)(H,23,24)/t14-/m1/s1. The number of alkyl halides is 3. The highest BCUT2D eigenvalue weighted by atomic mass is 35.6. The Balaban J connectivity index is 2.14. The molecule has 6 nitrogen and oxygen atoms in total. The Morgan fingerprint density at radius 1 is 1.08 bits per heavy atom. The van der Waals surface area contributed by atoms with Crippen LogP contribution >= 0.6 is 34.8 Å². The maximum Gasteiger partial charge on any atom is 0.335 e. The van der Waals surface area contributed by atoms with E-state index >= 15 is 0 Å². The Hall–Kier alpha value is -2.02. The minimum Gasteiger partial charge on any atom is -0.478 e. The number of hydrogen-bond donors (Lipinski definition) is 3. The number of nitrogens with zero attached hydrogens (tertiary/aromatic N) is 1. The number of pyridine rings is 1. The second-order valence-corrected chi connectivity index (χ2v) is 7.09. The molecule has 3 N–H and O–H groups in total. The van der Waals surface area contributed by atoms with E-state index in [-0.39, 0.29) is 5.56 Å². The van der Waals surface area contributed by atoms with Crippen molar-refractivity contribution in [1.29, 1.82) is 0 Å². The van der Waals surface area contributed by atoms with Gasteiger partial charge < -0.3 is 15.7 Å². The SMILES string of the molecule is O=C(O)c1ccc(N[C@H](NC(=O)c2cccnc2)C(Cl)(Cl)Cl)cc1. The Bertz CT molecular complexity index is 718. The van der Waals surface area contributed by atoms with Crippen LogP contribution in [0.2, 0.25) is 0 Å². The predicted molar refractivity (Wildman–Crippen MR) is 92.8 cm³/mol. The van der Waals surface area contributed by atoms with Crippen LogP contribution in [0.1, 0.15) is 20.7 Å². The van der Waals surface area contributed by atoms with Crippen LogP contribution in [0, 0.1) is 0 Å². The number of carbonyl (C=O) groups excluding carboxylic acids is 1. The first-order chi connectivity index (χ1) is 11.3. The van der Waals surface area contributed by atoms with Crippen LogP contribution in [0.15, 0.2) is 48.8 Å². The number of hydrogen-bond acceptors (Lipinski definition) is 4. The van der Waals surface area contributed by atoms with Crippen LogP contribution in [0.25, 0.3) is 0 Å². The number of carboxylic acids is 1. The molecule has 0 bridgehead atoms. The van der Waals surface area contributed by atoms with Crippen molar-refractivity contribution in [2.75, 3.05) is 5.32 Å². The van der Waals surface area contributed by atoms with Gasteiger partial charge in [-0.1, -0.05) is 34.8 Å². The summed E-state index contributed by atoms with van der Waals surface area (Å²) in [6.45, 7) is 0. The molecule has 1 aromatic heterocycles. The fraction of sp³-hybridized carbons (Fsp3) is 0.133. The van der Waals surface area contributed by atoms with Crippen molar-refractivity contribution in [2.45, 2.75) is 9.96 Å². The summed E-state index contributed by atoms with van der Waals surface area (Å²) in [5.41, 5.74) is 0.896. The van der Waals surface area contributed by atoms with Gasteiger partial charge in [0, 0.05) is 18.1 Å². The van der Waals surface area contributed by atoms with E-state index in [4.69, 9.17) is 39.9 Å². The molecule has 0 unspecified atom stereocenters. The van der Waals surface area contributed by atoms with Gasteiger partial charge in [0.15, 0.2) is 0 Å². The Labute approximate surface area is 152 Å². The molecule has 0 saturated carbocycles. The number of amides is 1. The summed E-state index contributed by atoms with van der Waals surface area (Å²) in [6.07, 6.45) is 1.86. The number of anilines is 1. The zero-order valence-corrected chi connectivity index (χ0v) is 14.3. The summed E-state index contributed by atoms with van der Waals surface area (Å²) >= 11 is 17.7. The number of nitrogens with one attached hydrogen (secondary N) is 2. The highest BCUT2D eigenvalue weighted by molar-refractivity contribution is 6.68. The smallest absolute Gasteiger partial charge is 0.335 e. The van der Waals surface area contributed by atoms with Gasteiger partial charge in [-0.3, -0.25) is 9.78 Å². The van der Waals surface area contributed by atoms with Crippen LogP contribution < -0.4 is 10.6 Å². The molecule has 1 heterocycles. The fourth-order valence-electron chi connectivity index (χ4n) is 1.79. The molecule has 1 amide bonds. The summed E-state index contributed by atoms with van der Waals surface area (Å²) < 4.78 is -1.84. The topological polar surface area (TPSA) is 91.3 Å². The first-order valence-electron chi connectivity index (χ1n) is 6.65. The average Bonchev–Trinajstić information content (AvgIpc) is 2.54. The number of benzene rings is 1. The highest BCUT2D eigenvalue weighted by Crippen LogP contribution is 2.31. The van der Waals surface area contributed by atoms with Gasteiger partial charge in [-0.2, -0.15) is 0 Å². The molecular weight excluding hydrogens is 377 g/mol. The summed E-state index contributed by atoms with van der Waals surface area (Å²) in [5.74, 6) is -1.53. The van der Waals surface area contributed by atoms with Gasteiger partial charge >= 0.3 is 5.97 Å². The molecule has 1 atom stereocenters. The number of carbonyl (C=O) groups is 2. The third-order valence-corrected chi connectivity index (χ3v) is 3.62. The molecule has 0 radical (unpaired) electrons. The van der Waals surface area contributed by atoms with Crippen LogP contribution in [0.5, 0.6) is 0 Å². The summed E-state index contributed by atoms with van der Waals surface area (Å²) in [5, 5.41) is 14.3. The van der Waals surface area contributed by atoms with Crippen LogP contribution in [-0.2, 0) is 0 Å². The number of aromatic nitrogens is 1. The second kappa shape index (κ2) is 7.70. The summed E-state index contributed by atoms with van der Waals surface area (Å²) in [4.78, 5) is 26.9. The van der Waals surface area contributed by atoms with E-state index in [1.165, 1.54) is 36.7 Å². The number of aromatic carboxylic acids is 1. The molecule has 2 rings (SSSR count). The lowest BCUT2D eigenvalue weighted by atomic mass is 10.2. The fourth-order valence-corrected chi connectivity index (χ4v) is 2.11. The quantitative estimate of drug-likeness (QED) is 0.540. The summed E-state index contributed by atoms with van der Waals surface area (Å²) in [6, 6.07) is 8.97. The zero-order chi connectivity index (χ0) is 17.7. The van der Waals surface area contributed by atoms with Gasteiger partial charge in [0.2, 0.25) is 3.79 Å². The van der Waals surface area contributed by atoms with E-state index in [1.54, 1.807) is 12.1 Å². The van der Waals surface area contributed by atoms with Crippen molar-refractivity contribution in [3.05, 3.63) is 59.9 Å². The molecular formula is C15H12Cl3N3O3. The lowest BCUT2D eigenvalue weighted by Gasteiger charge is -2.27. The van der Waals surface area contributed by atoms with E-state index in [0.717, 1.165) is 0 Å². The van der Waals surface area contributed by atoms with Crippen molar-refractivity contribution >= 4 is 52.4 Å². The summed E-state index contributed by atoms with van der Waals surface area (Å²) in [7, 11) is 0. The molecule has 0 aliphatic heterocycles. The molecule has 126 valence electrons.